The molecule has 3 aromatic carbocycles. The quantitative estimate of drug-likeness (QED) is 0.370. The van der Waals surface area contributed by atoms with Gasteiger partial charge in [0.1, 0.15) is 0 Å². The maximum Gasteiger partial charge on any atom is 0.0715 e. The van der Waals surface area contributed by atoms with Crippen LogP contribution in [0.1, 0.15) is 23.2 Å². The monoisotopic (exact) mass is 367 g/mol. The van der Waals surface area contributed by atoms with Crippen molar-refractivity contribution in [1.82, 2.24) is 4.98 Å². The predicted molar refractivity (Wildman–Crippen MR) is 115 cm³/mol. The molecule has 130 valence electrons. The Bertz CT molecular complexity index is 1180. The minimum Gasteiger partial charge on any atom is -0.248 e. The number of aromatic nitrogens is 1. The van der Waals surface area contributed by atoms with Crippen LogP contribution in [-0.4, -0.2) is 4.98 Å². The highest BCUT2D eigenvalue weighted by atomic mass is 35.5. The van der Waals surface area contributed by atoms with E-state index in [0.717, 1.165) is 34.6 Å². The van der Waals surface area contributed by atoms with E-state index in [4.69, 9.17) is 16.6 Å². The first-order valence-corrected chi connectivity index (χ1v) is 9.61. The summed E-state index contributed by atoms with van der Waals surface area (Å²) in [5.41, 5.74) is 8.40. The third kappa shape index (κ3) is 2.85. The Morgan fingerprint density at radius 3 is 2.37 bits per heavy atom. The van der Waals surface area contributed by atoms with Crippen molar-refractivity contribution in [3.63, 3.8) is 0 Å². The van der Waals surface area contributed by atoms with Gasteiger partial charge in [-0.3, -0.25) is 0 Å². The SMILES string of the molecule is Clc1ccccc1C=C1CCc2c1nc1ccccc1c2-c1ccccc1. The molecule has 0 radical (unpaired) electrons. The lowest BCUT2D eigenvalue weighted by Gasteiger charge is -2.13. The number of nitrogens with zero attached hydrogens (tertiary/aromatic N) is 1. The fourth-order valence-corrected chi connectivity index (χ4v) is 4.18. The number of pyridine rings is 1. The van der Waals surface area contributed by atoms with Crippen molar-refractivity contribution >= 4 is 34.2 Å². The molecule has 1 heterocycles. The molecule has 0 spiro atoms. The molecule has 5 rings (SSSR count). The zero-order valence-electron chi connectivity index (χ0n) is 14.8. The molecule has 0 saturated heterocycles. The second-order valence-electron chi connectivity index (χ2n) is 6.89. The van der Waals surface area contributed by atoms with Gasteiger partial charge in [0.05, 0.1) is 11.2 Å². The van der Waals surface area contributed by atoms with Gasteiger partial charge in [-0.05, 0) is 58.9 Å². The molecule has 4 aromatic rings. The highest BCUT2D eigenvalue weighted by Crippen LogP contribution is 2.42. The highest BCUT2D eigenvalue weighted by molar-refractivity contribution is 6.32. The van der Waals surface area contributed by atoms with Gasteiger partial charge in [0, 0.05) is 10.4 Å². The van der Waals surface area contributed by atoms with Crippen molar-refractivity contribution in [3.8, 4) is 11.1 Å². The summed E-state index contributed by atoms with van der Waals surface area (Å²) in [5.74, 6) is 0. The Labute approximate surface area is 164 Å². The molecule has 27 heavy (non-hydrogen) atoms. The second kappa shape index (κ2) is 6.68. The average Bonchev–Trinajstić information content (AvgIpc) is 3.11. The number of para-hydroxylation sites is 1. The highest BCUT2D eigenvalue weighted by Gasteiger charge is 2.24. The maximum absolute atomic E-state index is 6.39. The molecule has 0 amide bonds. The number of hydrogen-bond acceptors (Lipinski definition) is 1. The largest absolute Gasteiger partial charge is 0.248 e. The molecular formula is C25H18ClN. The van der Waals surface area contributed by atoms with E-state index < -0.39 is 0 Å². The van der Waals surface area contributed by atoms with Crippen LogP contribution in [0, 0.1) is 0 Å². The van der Waals surface area contributed by atoms with Crippen molar-refractivity contribution < 1.29 is 0 Å². The summed E-state index contributed by atoms with van der Waals surface area (Å²) in [4.78, 5) is 5.04. The van der Waals surface area contributed by atoms with Gasteiger partial charge in [0.15, 0.2) is 0 Å². The third-order valence-electron chi connectivity index (χ3n) is 5.24. The first kappa shape index (κ1) is 16.3. The van der Waals surface area contributed by atoms with Gasteiger partial charge < -0.3 is 0 Å². The molecule has 0 atom stereocenters. The standard InChI is InChI=1S/C25H18ClN/c26-22-12-6-4-10-18(22)16-19-14-15-21-24(17-8-2-1-3-9-17)20-11-5-7-13-23(20)27-25(19)21/h1-13,16H,14-15H2. The maximum atomic E-state index is 6.39. The minimum atomic E-state index is 0.780. The molecular weight excluding hydrogens is 350 g/mol. The van der Waals surface area contributed by atoms with Gasteiger partial charge in [-0.2, -0.15) is 0 Å². The summed E-state index contributed by atoms with van der Waals surface area (Å²) in [6.45, 7) is 0. The Morgan fingerprint density at radius 2 is 1.52 bits per heavy atom. The molecule has 1 nitrogen and oxygen atoms in total. The van der Waals surface area contributed by atoms with E-state index in [1.807, 2.05) is 18.2 Å². The molecule has 0 unspecified atom stereocenters. The third-order valence-corrected chi connectivity index (χ3v) is 5.58. The van der Waals surface area contributed by atoms with Crippen molar-refractivity contribution in [3.05, 3.63) is 101 Å². The molecule has 1 aromatic heterocycles. The van der Waals surface area contributed by atoms with Crippen LogP contribution in [0.5, 0.6) is 0 Å². The summed E-state index contributed by atoms with van der Waals surface area (Å²) in [6.07, 6.45) is 4.20. The first-order valence-electron chi connectivity index (χ1n) is 9.24. The van der Waals surface area contributed by atoms with E-state index in [2.05, 4.69) is 66.7 Å². The zero-order valence-corrected chi connectivity index (χ0v) is 15.6. The molecule has 0 fully saturated rings. The molecule has 1 aliphatic carbocycles. The van der Waals surface area contributed by atoms with Crippen molar-refractivity contribution in [2.45, 2.75) is 12.8 Å². The average molecular weight is 368 g/mol. The molecule has 0 saturated carbocycles. The number of halogens is 1. The lowest BCUT2D eigenvalue weighted by Crippen LogP contribution is -1.95. The summed E-state index contributed by atoms with van der Waals surface area (Å²) in [7, 11) is 0. The number of allylic oxidation sites excluding steroid dienone is 1. The molecule has 1 aliphatic rings. The summed E-state index contributed by atoms with van der Waals surface area (Å²) in [5, 5.41) is 2.00. The van der Waals surface area contributed by atoms with Gasteiger partial charge in [0.25, 0.3) is 0 Å². The van der Waals surface area contributed by atoms with E-state index in [1.165, 1.54) is 27.6 Å². The van der Waals surface area contributed by atoms with Gasteiger partial charge in [-0.15, -0.1) is 0 Å². The first-order chi connectivity index (χ1) is 13.3. The van der Waals surface area contributed by atoms with Gasteiger partial charge >= 0.3 is 0 Å². The van der Waals surface area contributed by atoms with E-state index in [0.29, 0.717) is 0 Å². The number of fused-ring (bicyclic) bond motifs is 2. The minimum absolute atomic E-state index is 0.780. The fourth-order valence-electron chi connectivity index (χ4n) is 3.99. The molecule has 2 heteroatoms. The van der Waals surface area contributed by atoms with Gasteiger partial charge in [-0.25, -0.2) is 4.98 Å². The second-order valence-corrected chi connectivity index (χ2v) is 7.30. The van der Waals surface area contributed by atoms with Crippen molar-refractivity contribution in [2.24, 2.45) is 0 Å². The topological polar surface area (TPSA) is 12.9 Å². The summed E-state index contributed by atoms with van der Waals surface area (Å²) in [6, 6.07) is 27.1. The number of hydrogen-bond donors (Lipinski definition) is 0. The summed E-state index contributed by atoms with van der Waals surface area (Å²) >= 11 is 6.39. The number of benzene rings is 3. The van der Waals surface area contributed by atoms with Crippen LogP contribution in [0.25, 0.3) is 33.7 Å². The van der Waals surface area contributed by atoms with Crippen LogP contribution >= 0.6 is 11.6 Å². The Hall–Kier alpha value is -2.90. The Balaban J connectivity index is 1.77. The van der Waals surface area contributed by atoms with E-state index in [-0.39, 0.29) is 0 Å². The lowest BCUT2D eigenvalue weighted by molar-refractivity contribution is 1.08. The van der Waals surface area contributed by atoms with Gasteiger partial charge in [0.2, 0.25) is 0 Å². The van der Waals surface area contributed by atoms with E-state index in [1.54, 1.807) is 0 Å². The molecule has 0 bridgehead atoms. The van der Waals surface area contributed by atoms with Gasteiger partial charge in [-0.1, -0.05) is 78.3 Å². The Kier molecular flexibility index (Phi) is 4.03. The fraction of sp³-hybridized carbons (Fsp3) is 0.0800. The predicted octanol–water partition coefficient (Wildman–Crippen LogP) is 7.04. The van der Waals surface area contributed by atoms with Crippen LogP contribution in [0.3, 0.4) is 0 Å². The van der Waals surface area contributed by atoms with E-state index in [9.17, 15) is 0 Å². The smallest absolute Gasteiger partial charge is 0.0715 e. The van der Waals surface area contributed by atoms with Crippen molar-refractivity contribution in [2.75, 3.05) is 0 Å². The van der Waals surface area contributed by atoms with Crippen LogP contribution in [-0.2, 0) is 6.42 Å². The number of rotatable bonds is 2. The summed E-state index contributed by atoms with van der Waals surface area (Å²) < 4.78 is 0. The van der Waals surface area contributed by atoms with Crippen LogP contribution in [0.2, 0.25) is 5.02 Å². The molecule has 0 aliphatic heterocycles. The Morgan fingerprint density at radius 1 is 0.778 bits per heavy atom. The molecule has 0 N–H and O–H groups in total. The zero-order chi connectivity index (χ0) is 18.2. The van der Waals surface area contributed by atoms with Crippen LogP contribution in [0.15, 0.2) is 78.9 Å². The van der Waals surface area contributed by atoms with Crippen LogP contribution in [0.4, 0.5) is 0 Å². The van der Waals surface area contributed by atoms with Crippen molar-refractivity contribution in [1.29, 1.82) is 0 Å². The normalized spacial score (nSPS) is 14.6. The van der Waals surface area contributed by atoms with Crippen LogP contribution < -0.4 is 0 Å². The van der Waals surface area contributed by atoms with E-state index >= 15 is 0 Å². The lowest BCUT2D eigenvalue weighted by atomic mass is 9.94.